The summed E-state index contributed by atoms with van der Waals surface area (Å²) >= 11 is 0. The van der Waals surface area contributed by atoms with E-state index < -0.39 is 0 Å². The lowest BCUT2D eigenvalue weighted by atomic mass is 10.0. The smallest absolute Gasteiger partial charge is 0.240 e. The second-order valence-corrected chi connectivity index (χ2v) is 7.20. The van der Waals surface area contributed by atoms with Crippen molar-refractivity contribution in [2.24, 2.45) is 11.8 Å². The van der Waals surface area contributed by atoms with Crippen LogP contribution in [0.4, 0.5) is 0 Å². The summed E-state index contributed by atoms with van der Waals surface area (Å²) in [6.07, 6.45) is 13.9. The Morgan fingerprint density at radius 1 is 1.10 bits per heavy atom. The fraction of sp³-hybridized carbons (Fsp3) is 0.941. The van der Waals surface area contributed by atoms with Crippen molar-refractivity contribution in [1.29, 1.82) is 0 Å². The number of carbonyl (C=O) groups excluding carboxylic acids is 1. The monoisotopic (exact) mass is 278 g/mol. The van der Waals surface area contributed by atoms with Gasteiger partial charge in [-0.1, -0.05) is 38.5 Å². The van der Waals surface area contributed by atoms with E-state index >= 15 is 0 Å². The minimum Gasteiger partial charge on any atom is -0.326 e. The van der Waals surface area contributed by atoms with E-state index in [4.69, 9.17) is 0 Å². The molecule has 3 aliphatic rings. The molecule has 1 heterocycles. The first-order valence-electron chi connectivity index (χ1n) is 8.82. The van der Waals surface area contributed by atoms with Crippen LogP contribution in [0.25, 0.3) is 0 Å². The molecule has 0 radical (unpaired) electrons. The van der Waals surface area contributed by atoms with E-state index in [1.54, 1.807) is 0 Å². The molecule has 0 aromatic rings. The van der Waals surface area contributed by atoms with Gasteiger partial charge in [-0.25, -0.2) is 0 Å². The molecule has 1 amide bonds. The Bertz CT molecular complexity index is 332. The Kier molecular flexibility index (Phi) is 4.65. The van der Waals surface area contributed by atoms with E-state index in [9.17, 15) is 4.79 Å². The zero-order chi connectivity index (χ0) is 13.9. The molecule has 2 atom stereocenters. The molecule has 1 N–H and O–H groups in total. The van der Waals surface area contributed by atoms with Gasteiger partial charge in [0.2, 0.25) is 5.91 Å². The van der Waals surface area contributed by atoms with Gasteiger partial charge in [-0.2, -0.15) is 0 Å². The van der Waals surface area contributed by atoms with Gasteiger partial charge in [0.05, 0.1) is 12.2 Å². The average Bonchev–Trinajstić information content (AvgIpc) is 3.15. The summed E-state index contributed by atoms with van der Waals surface area (Å²) in [5.41, 5.74) is 0. The minimum absolute atomic E-state index is 0.0343. The summed E-state index contributed by atoms with van der Waals surface area (Å²) in [6.45, 7) is 3.01. The van der Waals surface area contributed by atoms with Crippen LogP contribution in [0, 0.1) is 11.8 Å². The molecule has 2 unspecified atom stereocenters. The molecule has 3 rings (SSSR count). The van der Waals surface area contributed by atoms with Gasteiger partial charge in [-0.3, -0.25) is 10.1 Å². The molecule has 2 saturated carbocycles. The number of nitrogens with zero attached hydrogens (tertiary/aromatic N) is 1. The molecular formula is C17H30N2O. The van der Waals surface area contributed by atoms with Crippen molar-refractivity contribution in [3.05, 3.63) is 0 Å². The summed E-state index contributed by atoms with van der Waals surface area (Å²) < 4.78 is 0. The lowest BCUT2D eigenvalue weighted by Gasteiger charge is -2.29. The van der Waals surface area contributed by atoms with Crippen molar-refractivity contribution in [3.8, 4) is 0 Å². The highest BCUT2D eigenvalue weighted by Crippen LogP contribution is 2.33. The normalized spacial score (nSPS) is 32.6. The number of hydrogen-bond donors (Lipinski definition) is 1. The van der Waals surface area contributed by atoms with Gasteiger partial charge in [0, 0.05) is 6.54 Å². The van der Waals surface area contributed by atoms with Crippen LogP contribution in [0.3, 0.4) is 0 Å². The van der Waals surface area contributed by atoms with Gasteiger partial charge in [-0.15, -0.1) is 0 Å². The second-order valence-electron chi connectivity index (χ2n) is 7.20. The van der Waals surface area contributed by atoms with Gasteiger partial charge in [0.1, 0.15) is 0 Å². The standard InChI is InChI=1S/C17H30N2O/c1-13-17(20)19(12-6-9-14-7-2-3-8-14)16(18-13)15-10-4-5-11-15/h13-16,18H,2-12H2,1H3. The molecular weight excluding hydrogens is 248 g/mol. The summed E-state index contributed by atoms with van der Waals surface area (Å²) in [4.78, 5) is 14.5. The first kappa shape index (κ1) is 14.4. The molecule has 3 fully saturated rings. The SMILES string of the molecule is CC1NC(C2CCCC2)N(CCCC2CCCC2)C1=O. The predicted octanol–water partition coefficient (Wildman–Crippen LogP) is 3.29. The highest BCUT2D eigenvalue weighted by atomic mass is 16.2. The van der Waals surface area contributed by atoms with Crippen molar-refractivity contribution < 1.29 is 4.79 Å². The topological polar surface area (TPSA) is 32.3 Å². The van der Waals surface area contributed by atoms with Crippen molar-refractivity contribution in [2.75, 3.05) is 6.54 Å². The van der Waals surface area contributed by atoms with Crippen LogP contribution in [0.2, 0.25) is 0 Å². The Morgan fingerprint density at radius 3 is 2.45 bits per heavy atom. The molecule has 0 aromatic heterocycles. The fourth-order valence-electron chi connectivity index (χ4n) is 4.57. The zero-order valence-corrected chi connectivity index (χ0v) is 12.9. The molecule has 2 aliphatic carbocycles. The molecule has 20 heavy (non-hydrogen) atoms. The third-order valence-electron chi connectivity index (χ3n) is 5.74. The van der Waals surface area contributed by atoms with E-state index in [1.807, 2.05) is 6.92 Å². The van der Waals surface area contributed by atoms with Gasteiger partial charge in [0.15, 0.2) is 0 Å². The summed E-state index contributed by atoms with van der Waals surface area (Å²) in [6, 6.07) is 0.0343. The lowest BCUT2D eigenvalue weighted by molar-refractivity contribution is -0.130. The molecule has 0 aromatic carbocycles. The number of amides is 1. The van der Waals surface area contributed by atoms with Gasteiger partial charge < -0.3 is 4.90 Å². The van der Waals surface area contributed by atoms with Crippen molar-refractivity contribution in [3.63, 3.8) is 0 Å². The zero-order valence-electron chi connectivity index (χ0n) is 12.9. The average molecular weight is 278 g/mol. The summed E-state index contributed by atoms with van der Waals surface area (Å²) in [5.74, 6) is 1.99. The van der Waals surface area contributed by atoms with Crippen molar-refractivity contribution in [1.82, 2.24) is 10.2 Å². The predicted molar refractivity (Wildman–Crippen MR) is 81.2 cm³/mol. The van der Waals surface area contributed by atoms with Crippen LogP contribution in [0.5, 0.6) is 0 Å². The maximum absolute atomic E-state index is 12.4. The Labute approximate surface area is 123 Å². The highest BCUT2D eigenvalue weighted by molar-refractivity contribution is 5.83. The van der Waals surface area contributed by atoms with Crippen molar-refractivity contribution >= 4 is 5.91 Å². The largest absolute Gasteiger partial charge is 0.326 e. The van der Waals surface area contributed by atoms with Crippen LogP contribution < -0.4 is 5.32 Å². The Balaban J connectivity index is 1.52. The second kappa shape index (κ2) is 6.46. The first-order valence-corrected chi connectivity index (χ1v) is 8.82. The summed E-state index contributed by atoms with van der Waals surface area (Å²) in [7, 11) is 0. The quantitative estimate of drug-likeness (QED) is 0.837. The van der Waals surface area contributed by atoms with Crippen LogP contribution in [-0.4, -0.2) is 29.6 Å². The lowest BCUT2D eigenvalue weighted by Crippen LogP contribution is -2.43. The first-order chi connectivity index (χ1) is 9.75. The fourth-order valence-corrected chi connectivity index (χ4v) is 4.57. The molecule has 0 bridgehead atoms. The third-order valence-corrected chi connectivity index (χ3v) is 5.74. The maximum Gasteiger partial charge on any atom is 0.240 e. The maximum atomic E-state index is 12.4. The van der Waals surface area contributed by atoms with E-state index in [1.165, 1.54) is 64.2 Å². The number of hydrogen-bond acceptors (Lipinski definition) is 2. The summed E-state index contributed by atoms with van der Waals surface area (Å²) in [5, 5.41) is 3.55. The van der Waals surface area contributed by atoms with E-state index in [0.717, 1.165) is 12.5 Å². The van der Waals surface area contributed by atoms with Crippen LogP contribution in [-0.2, 0) is 4.79 Å². The van der Waals surface area contributed by atoms with E-state index in [0.29, 0.717) is 18.0 Å². The van der Waals surface area contributed by atoms with Crippen LogP contribution >= 0.6 is 0 Å². The molecule has 3 nitrogen and oxygen atoms in total. The van der Waals surface area contributed by atoms with Gasteiger partial charge in [-0.05, 0) is 44.4 Å². The van der Waals surface area contributed by atoms with Crippen molar-refractivity contribution in [2.45, 2.75) is 83.3 Å². The van der Waals surface area contributed by atoms with Gasteiger partial charge in [0.25, 0.3) is 0 Å². The number of nitrogens with one attached hydrogen (secondary N) is 1. The molecule has 1 aliphatic heterocycles. The Morgan fingerprint density at radius 2 is 1.75 bits per heavy atom. The van der Waals surface area contributed by atoms with Crippen LogP contribution in [0.15, 0.2) is 0 Å². The molecule has 114 valence electrons. The molecule has 1 saturated heterocycles. The number of carbonyl (C=O) groups is 1. The molecule has 0 spiro atoms. The van der Waals surface area contributed by atoms with E-state index in [2.05, 4.69) is 10.2 Å². The van der Waals surface area contributed by atoms with E-state index in [-0.39, 0.29) is 6.04 Å². The molecule has 3 heteroatoms. The van der Waals surface area contributed by atoms with Gasteiger partial charge >= 0.3 is 0 Å². The third kappa shape index (κ3) is 3.03. The Hall–Kier alpha value is -0.570. The minimum atomic E-state index is 0.0343. The highest BCUT2D eigenvalue weighted by Gasteiger charge is 2.40. The number of rotatable bonds is 5. The van der Waals surface area contributed by atoms with Crippen LogP contribution in [0.1, 0.15) is 71.1 Å².